The highest BCUT2D eigenvalue weighted by Gasteiger charge is 2.28. The predicted molar refractivity (Wildman–Crippen MR) is 128 cm³/mol. The number of anilines is 1. The van der Waals surface area contributed by atoms with Crippen molar-refractivity contribution in [3.05, 3.63) is 65.4 Å². The zero-order chi connectivity index (χ0) is 23.4. The van der Waals surface area contributed by atoms with Crippen LogP contribution in [0.5, 0.6) is 5.75 Å². The number of methoxy groups -OCH3 is 1. The Balaban J connectivity index is 1.54. The zero-order valence-electron chi connectivity index (χ0n) is 18.6. The number of hydrogen-bond donors (Lipinski definition) is 1. The molecule has 1 amide bonds. The van der Waals surface area contributed by atoms with Crippen molar-refractivity contribution in [3.63, 3.8) is 0 Å². The summed E-state index contributed by atoms with van der Waals surface area (Å²) in [5, 5.41) is 3.34. The lowest BCUT2D eigenvalue weighted by molar-refractivity contribution is -0.116. The molecule has 0 fully saturated rings. The van der Waals surface area contributed by atoms with E-state index in [2.05, 4.69) is 17.2 Å². The second-order valence-corrected chi connectivity index (χ2v) is 8.39. The molecule has 1 N–H and O–H groups in total. The molecule has 2 aromatic heterocycles. The molecule has 0 saturated heterocycles. The maximum atomic E-state index is 12.6. The lowest BCUT2D eigenvalue weighted by Gasteiger charge is -2.07. The van der Waals surface area contributed by atoms with Crippen LogP contribution in [0.4, 0.5) is 5.88 Å². The van der Waals surface area contributed by atoms with E-state index >= 15 is 0 Å². The number of nitrogens with zero attached hydrogens (tertiary/aromatic N) is 1. The second kappa shape index (κ2) is 9.87. The predicted octanol–water partition coefficient (Wildman–Crippen LogP) is 5.62. The highest BCUT2D eigenvalue weighted by atomic mass is 32.1. The number of hydrogen-bond acceptors (Lipinski definition) is 7. The molecule has 0 spiro atoms. The molecule has 8 heteroatoms. The standard InChI is InChI=1S/C25H24N2O5S/c1-4-16-9-11-17(12-10-16)31-14-13-20(28)27-23-22(21(15(2)32-23)25(29)30-3)24-26-18-7-5-6-8-19(18)33-24/h5-12H,4,13-14H2,1-3H3,(H,27,28). The van der Waals surface area contributed by atoms with E-state index in [1.165, 1.54) is 24.0 Å². The van der Waals surface area contributed by atoms with E-state index in [0.29, 0.717) is 22.1 Å². The minimum atomic E-state index is -0.551. The van der Waals surface area contributed by atoms with Crippen LogP contribution in [0.15, 0.2) is 52.9 Å². The van der Waals surface area contributed by atoms with Crippen LogP contribution in [-0.2, 0) is 16.0 Å². The normalized spacial score (nSPS) is 10.9. The molecule has 4 rings (SSSR count). The molecule has 7 nitrogen and oxygen atoms in total. The number of para-hydroxylation sites is 1. The Morgan fingerprint density at radius 3 is 2.58 bits per heavy atom. The first-order valence-electron chi connectivity index (χ1n) is 10.6. The summed E-state index contributed by atoms with van der Waals surface area (Å²) in [6.45, 7) is 3.95. The topological polar surface area (TPSA) is 90.7 Å². The van der Waals surface area contributed by atoms with Crippen molar-refractivity contribution in [3.8, 4) is 16.3 Å². The maximum absolute atomic E-state index is 12.6. The van der Waals surface area contributed by atoms with Crippen LogP contribution in [0.25, 0.3) is 20.8 Å². The highest BCUT2D eigenvalue weighted by Crippen LogP contribution is 2.40. The second-order valence-electron chi connectivity index (χ2n) is 7.36. The zero-order valence-corrected chi connectivity index (χ0v) is 19.5. The van der Waals surface area contributed by atoms with Gasteiger partial charge in [0.15, 0.2) is 0 Å². The molecule has 170 valence electrons. The van der Waals surface area contributed by atoms with E-state index in [1.54, 1.807) is 6.92 Å². The summed E-state index contributed by atoms with van der Waals surface area (Å²) >= 11 is 1.41. The number of fused-ring (bicyclic) bond motifs is 1. The fraction of sp³-hybridized carbons (Fsp3) is 0.240. The lowest BCUT2D eigenvalue weighted by atomic mass is 10.1. The Kier molecular flexibility index (Phi) is 6.74. The molecule has 4 aromatic rings. The van der Waals surface area contributed by atoms with E-state index < -0.39 is 5.97 Å². The lowest BCUT2D eigenvalue weighted by Crippen LogP contribution is -2.15. The first kappa shape index (κ1) is 22.5. The van der Waals surface area contributed by atoms with Crippen molar-refractivity contribution in [1.29, 1.82) is 0 Å². The van der Waals surface area contributed by atoms with Gasteiger partial charge in [-0.3, -0.25) is 10.1 Å². The first-order chi connectivity index (χ1) is 16.0. The van der Waals surface area contributed by atoms with Crippen molar-refractivity contribution in [2.45, 2.75) is 26.7 Å². The number of furan rings is 1. The van der Waals surface area contributed by atoms with Gasteiger partial charge in [0.05, 0.1) is 35.9 Å². The summed E-state index contributed by atoms with van der Waals surface area (Å²) in [5.74, 6) is 0.373. The quantitative estimate of drug-likeness (QED) is 0.340. The van der Waals surface area contributed by atoms with Crippen LogP contribution in [-0.4, -0.2) is 30.6 Å². The molecule has 0 atom stereocenters. The molecule has 0 aliphatic carbocycles. The Labute approximate surface area is 195 Å². The number of ether oxygens (including phenoxy) is 2. The largest absolute Gasteiger partial charge is 0.493 e. The minimum absolute atomic E-state index is 0.113. The van der Waals surface area contributed by atoms with Crippen molar-refractivity contribution in [2.75, 3.05) is 19.0 Å². The van der Waals surface area contributed by atoms with Crippen molar-refractivity contribution in [1.82, 2.24) is 4.98 Å². The van der Waals surface area contributed by atoms with Crippen LogP contribution in [0.3, 0.4) is 0 Å². The number of amides is 1. The fourth-order valence-electron chi connectivity index (χ4n) is 3.44. The molecule has 0 aliphatic heterocycles. The van der Waals surface area contributed by atoms with Gasteiger partial charge in [-0.2, -0.15) is 0 Å². The van der Waals surface area contributed by atoms with E-state index in [0.717, 1.165) is 16.6 Å². The van der Waals surface area contributed by atoms with Crippen LogP contribution in [0.2, 0.25) is 0 Å². The van der Waals surface area contributed by atoms with Crippen LogP contribution in [0, 0.1) is 6.92 Å². The number of rotatable bonds is 8. The smallest absolute Gasteiger partial charge is 0.342 e. The summed E-state index contributed by atoms with van der Waals surface area (Å²) in [7, 11) is 1.31. The summed E-state index contributed by atoms with van der Waals surface area (Å²) < 4.78 is 17.4. The van der Waals surface area contributed by atoms with Crippen molar-refractivity contribution >= 4 is 39.3 Å². The van der Waals surface area contributed by atoms with Gasteiger partial charge < -0.3 is 13.9 Å². The SMILES string of the molecule is CCc1ccc(OCCC(=O)Nc2oc(C)c(C(=O)OC)c2-c2nc3ccccc3s2)cc1. The molecular weight excluding hydrogens is 440 g/mol. The minimum Gasteiger partial charge on any atom is -0.493 e. The Bertz CT molecular complexity index is 1260. The number of aryl methyl sites for hydroxylation is 2. The number of thiazole rings is 1. The van der Waals surface area contributed by atoms with Gasteiger partial charge in [-0.05, 0) is 43.2 Å². The fourth-order valence-corrected chi connectivity index (χ4v) is 4.45. The summed E-state index contributed by atoms with van der Waals surface area (Å²) in [6, 6.07) is 15.4. The Hall–Kier alpha value is -3.65. The maximum Gasteiger partial charge on any atom is 0.342 e. The number of esters is 1. The molecular formula is C25H24N2O5S. The molecule has 33 heavy (non-hydrogen) atoms. The summed E-state index contributed by atoms with van der Waals surface area (Å²) in [5.41, 5.74) is 2.69. The van der Waals surface area contributed by atoms with Crippen molar-refractivity contribution < 1.29 is 23.5 Å². The van der Waals surface area contributed by atoms with E-state index in [1.807, 2.05) is 48.5 Å². The van der Waals surface area contributed by atoms with Crippen LogP contribution >= 0.6 is 11.3 Å². The van der Waals surface area contributed by atoms with E-state index in [-0.39, 0.29) is 30.4 Å². The third kappa shape index (κ3) is 4.90. The molecule has 0 saturated carbocycles. The molecule has 2 aromatic carbocycles. The van der Waals surface area contributed by atoms with E-state index in [9.17, 15) is 9.59 Å². The Morgan fingerprint density at radius 1 is 1.12 bits per heavy atom. The summed E-state index contributed by atoms with van der Waals surface area (Å²) in [4.78, 5) is 29.7. The summed E-state index contributed by atoms with van der Waals surface area (Å²) in [6.07, 6.45) is 1.07. The van der Waals surface area contributed by atoms with E-state index in [4.69, 9.17) is 13.9 Å². The Morgan fingerprint density at radius 2 is 1.88 bits per heavy atom. The molecule has 2 heterocycles. The van der Waals surface area contributed by atoms with Crippen LogP contribution in [0.1, 0.15) is 35.0 Å². The first-order valence-corrected chi connectivity index (χ1v) is 11.4. The average Bonchev–Trinajstić information content (AvgIpc) is 3.39. The van der Waals surface area contributed by atoms with Gasteiger partial charge >= 0.3 is 5.97 Å². The average molecular weight is 465 g/mol. The number of nitrogens with one attached hydrogen (secondary N) is 1. The number of carbonyl (C=O) groups is 2. The van der Waals surface area contributed by atoms with Gasteiger partial charge in [0.25, 0.3) is 0 Å². The number of benzene rings is 2. The number of aromatic nitrogens is 1. The number of carbonyl (C=O) groups excluding carboxylic acids is 2. The van der Waals surface area contributed by atoms with Gasteiger partial charge in [-0.1, -0.05) is 31.2 Å². The van der Waals surface area contributed by atoms with Crippen molar-refractivity contribution in [2.24, 2.45) is 0 Å². The third-order valence-corrected chi connectivity index (χ3v) is 6.22. The van der Waals surface area contributed by atoms with Gasteiger partial charge in [-0.25, -0.2) is 9.78 Å². The van der Waals surface area contributed by atoms with Gasteiger partial charge in [0.1, 0.15) is 22.1 Å². The molecule has 0 unspecified atom stereocenters. The third-order valence-electron chi connectivity index (χ3n) is 5.16. The molecule has 0 aliphatic rings. The van der Waals surface area contributed by atoms with Gasteiger partial charge in [0, 0.05) is 0 Å². The molecule has 0 bridgehead atoms. The highest BCUT2D eigenvalue weighted by molar-refractivity contribution is 7.21. The van der Waals surface area contributed by atoms with Gasteiger partial charge in [-0.15, -0.1) is 11.3 Å². The van der Waals surface area contributed by atoms with Gasteiger partial charge in [0.2, 0.25) is 11.8 Å². The van der Waals surface area contributed by atoms with Crippen LogP contribution < -0.4 is 10.1 Å². The molecule has 0 radical (unpaired) electrons. The monoisotopic (exact) mass is 464 g/mol.